The molecule has 10 nitrogen and oxygen atoms in total. The summed E-state index contributed by atoms with van der Waals surface area (Å²) in [5.74, 6) is -3.54. The number of carboxylic acids is 3. The summed E-state index contributed by atoms with van der Waals surface area (Å²) in [6.45, 7) is 5.70. The van der Waals surface area contributed by atoms with Crippen LogP contribution in [-0.4, -0.2) is 57.9 Å². The minimum Gasteiger partial charge on any atom is -0.481 e. The van der Waals surface area contributed by atoms with E-state index in [4.69, 9.17) is 10.2 Å². The average molecular weight is 466 g/mol. The number of rotatable bonds is 16. The van der Waals surface area contributed by atoms with Crippen LogP contribution in [0.4, 0.5) is 4.79 Å². The van der Waals surface area contributed by atoms with Crippen LogP contribution in [0.2, 0.25) is 0 Å². The maximum atomic E-state index is 12.0. The lowest BCUT2D eigenvalue weighted by molar-refractivity contribution is -0.140. The number of urea groups is 1. The Bertz CT molecular complexity index is 783. The van der Waals surface area contributed by atoms with Gasteiger partial charge < -0.3 is 31.3 Å². The Kier molecular flexibility index (Phi) is 12.5. The molecule has 1 aromatic carbocycles. The van der Waals surface area contributed by atoms with Gasteiger partial charge in [0.05, 0.1) is 0 Å². The molecule has 0 aliphatic rings. The molecule has 0 heterocycles. The van der Waals surface area contributed by atoms with Gasteiger partial charge in [-0.05, 0) is 57.1 Å². The molecule has 2 amide bonds. The lowest BCUT2D eigenvalue weighted by Gasteiger charge is -2.19. The van der Waals surface area contributed by atoms with E-state index in [9.17, 15) is 24.3 Å². The molecule has 0 saturated carbocycles. The third-order valence-electron chi connectivity index (χ3n) is 5.30. The predicted octanol–water partition coefficient (Wildman–Crippen LogP) is 2.35. The zero-order chi connectivity index (χ0) is 24.8. The second-order valence-electron chi connectivity index (χ2n) is 8.32. The number of amides is 2. The fourth-order valence-electron chi connectivity index (χ4n) is 3.25. The highest BCUT2D eigenvalue weighted by Crippen LogP contribution is 2.14. The molecule has 0 radical (unpaired) electrons. The third kappa shape index (κ3) is 12.5. The third-order valence-corrected chi connectivity index (χ3v) is 5.30. The van der Waals surface area contributed by atoms with E-state index >= 15 is 0 Å². The number of hydrogen-bond donors (Lipinski definition) is 6. The summed E-state index contributed by atoms with van der Waals surface area (Å²) in [7, 11) is 0. The molecule has 1 rings (SSSR count). The topological polar surface area (TPSA) is 165 Å². The molecule has 6 N–H and O–H groups in total. The first-order valence-electron chi connectivity index (χ1n) is 11.1. The summed E-state index contributed by atoms with van der Waals surface area (Å²) in [4.78, 5) is 45.3. The monoisotopic (exact) mass is 465 g/mol. The van der Waals surface area contributed by atoms with Gasteiger partial charge in [0, 0.05) is 13.0 Å². The number of carbonyl (C=O) groups excluding carboxylic acids is 1. The van der Waals surface area contributed by atoms with E-state index in [1.165, 1.54) is 11.1 Å². The number of hydrogen-bond acceptors (Lipinski definition) is 5. The molecule has 33 heavy (non-hydrogen) atoms. The zero-order valence-corrected chi connectivity index (χ0v) is 19.2. The number of aryl methyl sites for hydroxylation is 1. The highest BCUT2D eigenvalue weighted by molar-refractivity contribution is 5.86. The van der Waals surface area contributed by atoms with E-state index in [0.29, 0.717) is 6.42 Å². The van der Waals surface area contributed by atoms with Gasteiger partial charge >= 0.3 is 23.9 Å². The molecule has 0 fully saturated rings. The van der Waals surface area contributed by atoms with Crippen molar-refractivity contribution in [2.75, 3.05) is 6.54 Å². The summed E-state index contributed by atoms with van der Waals surface area (Å²) in [5, 5.41) is 34.9. The summed E-state index contributed by atoms with van der Waals surface area (Å²) in [6, 6.07) is 4.79. The maximum absolute atomic E-state index is 12.0. The second-order valence-corrected chi connectivity index (χ2v) is 8.32. The summed E-state index contributed by atoms with van der Waals surface area (Å²) < 4.78 is 0. The van der Waals surface area contributed by atoms with Gasteiger partial charge in [-0.15, -0.1) is 0 Å². The van der Waals surface area contributed by atoms with E-state index in [-0.39, 0.29) is 18.8 Å². The summed E-state index contributed by atoms with van der Waals surface area (Å²) in [6.07, 6.45) is 1.88. The van der Waals surface area contributed by atoms with Crippen molar-refractivity contribution < 1.29 is 34.5 Å². The summed E-state index contributed by atoms with van der Waals surface area (Å²) >= 11 is 0. The number of carbonyl (C=O) groups is 4. The summed E-state index contributed by atoms with van der Waals surface area (Å²) in [5.41, 5.74) is 2.44. The van der Waals surface area contributed by atoms with Crippen molar-refractivity contribution in [2.24, 2.45) is 5.92 Å². The van der Waals surface area contributed by atoms with Crippen molar-refractivity contribution in [3.05, 3.63) is 35.4 Å². The van der Waals surface area contributed by atoms with Gasteiger partial charge in [-0.25, -0.2) is 14.4 Å². The lowest BCUT2D eigenvalue weighted by Crippen LogP contribution is -2.51. The second kappa shape index (κ2) is 14.8. The largest absolute Gasteiger partial charge is 0.481 e. The van der Waals surface area contributed by atoms with Crippen LogP contribution in [-0.2, 0) is 20.9 Å². The molecule has 1 aromatic rings. The van der Waals surface area contributed by atoms with Crippen LogP contribution in [0.15, 0.2) is 24.3 Å². The van der Waals surface area contributed by atoms with Crippen LogP contribution in [0, 0.1) is 12.8 Å². The molecule has 0 aliphatic heterocycles. The molecule has 3 atom stereocenters. The molecule has 0 saturated heterocycles. The Morgan fingerprint density at radius 1 is 0.848 bits per heavy atom. The molecule has 2 unspecified atom stereocenters. The SMILES string of the molecule is Cc1ccc(CNCCCC(C)CCC(NC(=O)N[C@@H](CCC(=O)O)C(=O)O)C(=O)O)cc1. The predicted molar refractivity (Wildman–Crippen MR) is 122 cm³/mol. The molecule has 0 spiro atoms. The van der Waals surface area contributed by atoms with Crippen LogP contribution < -0.4 is 16.0 Å². The van der Waals surface area contributed by atoms with Gasteiger partial charge in [-0.3, -0.25) is 4.79 Å². The van der Waals surface area contributed by atoms with E-state index in [1.54, 1.807) is 0 Å². The van der Waals surface area contributed by atoms with Crippen molar-refractivity contribution in [1.82, 2.24) is 16.0 Å². The van der Waals surface area contributed by atoms with Crippen molar-refractivity contribution in [3.63, 3.8) is 0 Å². The van der Waals surface area contributed by atoms with Crippen LogP contribution in [0.25, 0.3) is 0 Å². The number of nitrogens with one attached hydrogen (secondary N) is 3. The van der Waals surface area contributed by atoms with Crippen molar-refractivity contribution in [2.45, 2.75) is 71.0 Å². The van der Waals surface area contributed by atoms with Crippen LogP contribution >= 0.6 is 0 Å². The number of aliphatic carboxylic acids is 3. The zero-order valence-electron chi connectivity index (χ0n) is 19.2. The van der Waals surface area contributed by atoms with Gasteiger partial charge in [-0.1, -0.05) is 36.8 Å². The molecule has 0 aromatic heterocycles. The fourth-order valence-corrected chi connectivity index (χ4v) is 3.25. The first-order chi connectivity index (χ1) is 15.6. The average Bonchev–Trinajstić information content (AvgIpc) is 2.74. The van der Waals surface area contributed by atoms with Crippen LogP contribution in [0.5, 0.6) is 0 Å². The van der Waals surface area contributed by atoms with Gasteiger partial charge in [-0.2, -0.15) is 0 Å². The standard InChI is InChI=1S/C23H35N3O7/c1-15(4-3-13-24-14-17-8-5-16(2)6-9-17)7-10-18(21(29)30)25-23(33)26-19(22(31)32)11-12-20(27)28/h5-6,8-9,15,18-19,24H,3-4,7,10-14H2,1-2H3,(H,27,28)(H,29,30)(H,31,32)(H2,25,26,33)/t15?,18?,19-/m0/s1. The minimum absolute atomic E-state index is 0.202. The van der Waals surface area contributed by atoms with E-state index in [1.807, 2.05) is 13.8 Å². The van der Waals surface area contributed by atoms with Crippen LogP contribution in [0.1, 0.15) is 56.6 Å². The van der Waals surface area contributed by atoms with Crippen molar-refractivity contribution >= 4 is 23.9 Å². The Morgan fingerprint density at radius 3 is 1.97 bits per heavy atom. The minimum atomic E-state index is -1.41. The molecule has 10 heteroatoms. The molecule has 184 valence electrons. The number of carboxylic acid groups (broad SMARTS) is 3. The number of benzene rings is 1. The normalized spacial score (nSPS) is 13.5. The molecule has 0 bridgehead atoms. The smallest absolute Gasteiger partial charge is 0.326 e. The van der Waals surface area contributed by atoms with Crippen LogP contribution in [0.3, 0.4) is 0 Å². The molecule has 0 aliphatic carbocycles. The Hall–Kier alpha value is -3.14. The first-order valence-corrected chi connectivity index (χ1v) is 11.1. The highest BCUT2D eigenvalue weighted by atomic mass is 16.4. The van der Waals surface area contributed by atoms with E-state index in [2.05, 4.69) is 40.2 Å². The molecular formula is C23H35N3O7. The van der Waals surface area contributed by atoms with Gasteiger partial charge in [0.15, 0.2) is 0 Å². The molecular weight excluding hydrogens is 430 g/mol. The Balaban J connectivity index is 2.33. The van der Waals surface area contributed by atoms with E-state index in [0.717, 1.165) is 25.9 Å². The van der Waals surface area contributed by atoms with Crippen molar-refractivity contribution in [3.8, 4) is 0 Å². The highest BCUT2D eigenvalue weighted by Gasteiger charge is 2.25. The lowest BCUT2D eigenvalue weighted by atomic mass is 9.97. The van der Waals surface area contributed by atoms with Crippen molar-refractivity contribution in [1.29, 1.82) is 0 Å². The van der Waals surface area contributed by atoms with Gasteiger partial charge in [0.1, 0.15) is 12.1 Å². The Labute approximate surface area is 193 Å². The van der Waals surface area contributed by atoms with Gasteiger partial charge in [0.2, 0.25) is 0 Å². The maximum Gasteiger partial charge on any atom is 0.326 e. The van der Waals surface area contributed by atoms with E-state index < -0.39 is 42.4 Å². The fraction of sp³-hybridized carbons (Fsp3) is 0.565. The van der Waals surface area contributed by atoms with Gasteiger partial charge in [0.25, 0.3) is 0 Å². The Morgan fingerprint density at radius 2 is 1.42 bits per heavy atom. The first kappa shape index (κ1) is 27.9. The quantitative estimate of drug-likeness (QED) is 0.202.